The summed E-state index contributed by atoms with van der Waals surface area (Å²) in [6, 6.07) is 5.85. The van der Waals surface area contributed by atoms with Crippen molar-refractivity contribution >= 4 is 21.6 Å². The van der Waals surface area contributed by atoms with E-state index in [4.69, 9.17) is 9.56 Å². The number of furan rings is 1. The normalized spacial score (nSPS) is 14.7. The Balaban J connectivity index is 1.75. The molecule has 0 aliphatic carbocycles. The van der Waals surface area contributed by atoms with Crippen LogP contribution in [0.5, 0.6) is 0 Å². The molecule has 0 radical (unpaired) electrons. The van der Waals surface area contributed by atoms with E-state index in [-0.39, 0.29) is 12.1 Å². The number of anilines is 1. The van der Waals surface area contributed by atoms with E-state index in [9.17, 15) is 17.6 Å². The number of primary sulfonamides is 1. The van der Waals surface area contributed by atoms with Crippen LogP contribution in [0.2, 0.25) is 0 Å². The van der Waals surface area contributed by atoms with Gasteiger partial charge in [0.15, 0.2) is 0 Å². The van der Waals surface area contributed by atoms with Gasteiger partial charge in [-0.2, -0.15) is 0 Å². The predicted molar refractivity (Wildman–Crippen MR) is 89.1 cm³/mol. The van der Waals surface area contributed by atoms with E-state index in [1.165, 1.54) is 6.07 Å². The number of halogens is 1. The van der Waals surface area contributed by atoms with Crippen LogP contribution < -0.4 is 15.4 Å². The Morgan fingerprint density at radius 2 is 2.04 bits per heavy atom. The second-order valence-corrected chi connectivity index (χ2v) is 7.31. The first-order chi connectivity index (χ1) is 11.9. The van der Waals surface area contributed by atoms with Crippen LogP contribution in [0.4, 0.5) is 10.1 Å². The number of hydrogen-bond acceptors (Lipinski definition) is 5. The molecule has 0 bridgehead atoms. The minimum Gasteiger partial charge on any atom is -0.451 e. The fourth-order valence-electron chi connectivity index (χ4n) is 2.83. The van der Waals surface area contributed by atoms with Gasteiger partial charge >= 0.3 is 0 Å². The third kappa shape index (κ3) is 3.83. The monoisotopic (exact) mass is 367 g/mol. The molecule has 0 unspecified atom stereocenters. The van der Waals surface area contributed by atoms with E-state index in [0.29, 0.717) is 5.56 Å². The van der Waals surface area contributed by atoms with Crippen molar-refractivity contribution in [3.8, 4) is 0 Å². The highest BCUT2D eigenvalue weighted by atomic mass is 32.2. The number of nitrogens with two attached hydrogens (primary N) is 1. The first-order valence-electron chi connectivity index (χ1n) is 7.78. The summed E-state index contributed by atoms with van der Waals surface area (Å²) in [4.78, 5) is 14.2. The summed E-state index contributed by atoms with van der Waals surface area (Å²) in [6.07, 6.45) is 3.10. The molecule has 1 fully saturated rings. The van der Waals surface area contributed by atoms with Crippen molar-refractivity contribution < 1.29 is 22.0 Å². The van der Waals surface area contributed by atoms with E-state index in [1.54, 1.807) is 6.07 Å². The lowest BCUT2D eigenvalue weighted by atomic mass is 10.1. The highest BCUT2D eigenvalue weighted by Gasteiger charge is 2.20. The van der Waals surface area contributed by atoms with Crippen LogP contribution >= 0.6 is 0 Å². The Morgan fingerprint density at radius 1 is 1.32 bits per heavy atom. The van der Waals surface area contributed by atoms with E-state index in [0.717, 1.165) is 43.9 Å². The second kappa shape index (κ2) is 6.85. The zero-order valence-electron chi connectivity index (χ0n) is 13.4. The van der Waals surface area contributed by atoms with E-state index in [2.05, 4.69) is 10.2 Å². The van der Waals surface area contributed by atoms with E-state index < -0.39 is 26.8 Å². The third-order valence-corrected chi connectivity index (χ3v) is 4.86. The summed E-state index contributed by atoms with van der Waals surface area (Å²) in [5.74, 6) is -0.976. The van der Waals surface area contributed by atoms with Gasteiger partial charge in [-0.3, -0.25) is 4.79 Å². The number of carbonyl (C=O) groups is 1. The molecule has 2 aromatic rings. The van der Waals surface area contributed by atoms with E-state index in [1.807, 2.05) is 6.07 Å². The number of hydrogen-bond donors (Lipinski definition) is 2. The summed E-state index contributed by atoms with van der Waals surface area (Å²) < 4.78 is 41.4. The molecule has 1 aliphatic rings. The first kappa shape index (κ1) is 17.4. The number of nitrogens with zero attached hydrogens (tertiary/aromatic N) is 1. The third-order valence-electron chi connectivity index (χ3n) is 4.08. The summed E-state index contributed by atoms with van der Waals surface area (Å²) in [7, 11) is -4.02. The first-order valence-corrected chi connectivity index (χ1v) is 9.33. The second-order valence-electron chi connectivity index (χ2n) is 5.81. The molecular formula is C16H18FN3O4S. The number of benzene rings is 1. The van der Waals surface area contributed by atoms with Crippen molar-refractivity contribution in [3.05, 3.63) is 47.5 Å². The molecule has 9 heteroatoms. The average molecular weight is 367 g/mol. The number of nitrogens with one attached hydrogen (secondary N) is 1. The lowest BCUT2D eigenvalue weighted by Gasteiger charge is -2.22. The van der Waals surface area contributed by atoms with Gasteiger partial charge < -0.3 is 14.6 Å². The Kier molecular flexibility index (Phi) is 4.78. The molecule has 1 amide bonds. The fourth-order valence-corrected chi connectivity index (χ4v) is 3.31. The topological polar surface area (TPSA) is 106 Å². The Labute approximate surface area is 144 Å². The van der Waals surface area contributed by atoms with Gasteiger partial charge in [0, 0.05) is 37.0 Å². The van der Waals surface area contributed by atoms with Crippen LogP contribution in [0.25, 0.3) is 0 Å². The average Bonchev–Trinajstić information content (AvgIpc) is 3.24. The van der Waals surface area contributed by atoms with Crippen LogP contribution in [0.1, 0.15) is 28.8 Å². The minimum atomic E-state index is -4.02. The van der Waals surface area contributed by atoms with Gasteiger partial charge in [-0.1, -0.05) is 6.07 Å². The van der Waals surface area contributed by atoms with Crippen molar-refractivity contribution in [2.75, 3.05) is 18.0 Å². The van der Waals surface area contributed by atoms with Crippen LogP contribution in [0.3, 0.4) is 0 Å². The van der Waals surface area contributed by atoms with Gasteiger partial charge in [0.25, 0.3) is 15.9 Å². The number of rotatable bonds is 5. The molecule has 0 atom stereocenters. The van der Waals surface area contributed by atoms with Crippen molar-refractivity contribution in [3.63, 3.8) is 0 Å². The minimum absolute atomic E-state index is 0.00286. The number of sulfonamides is 1. The summed E-state index contributed by atoms with van der Waals surface area (Å²) in [5.41, 5.74) is 1.16. The quantitative estimate of drug-likeness (QED) is 0.835. The van der Waals surface area contributed by atoms with E-state index >= 15 is 0 Å². The molecule has 0 spiro atoms. The molecule has 134 valence electrons. The SMILES string of the molecule is NS(=O)(=O)c1cc(C(=O)NCc2c(F)cccc2N2CCCC2)co1. The molecule has 1 aromatic heterocycles. The van der Waals surface area contributed by atoms with Gasteiger partial charge in [-0.25, -0.2) is 17.9 Å². The summed E-state index contributed by atoms with van der Waals surface area (Å²) in [6.45, 7) is 1.68. The van der Waals surface area contributed by atoms with Crippen molar-refractivity contribution in [2.45, 2.75) is 24.5 Å². The summed E-state index contributed by atoms with van der Waals surface area (Å²) >= 11 is 0. The molecule has 1 aliphatic heterocycles. The zero-order valence-corrected chi connectivity index (χ0v) is 14.2. The molecule has 0 saturated carbocycles. The number of amides is 1. The van der Waals surface area contributed by atoms with Gasteiger partial charge in [0.05, 0.1) is 5.56 Å². The van der Waals surface area contributed by atoms with Crippen LogP contribution in [0, 0.1) is 5.82 Å². The maximum Gasteiger partial charge on any atom is 0.271 e. The molecule has 3 rings (SSSR count). The van der Waals surface area contributed by atoms with Gasteiger partial charge in [0.1, 0.15) is 12.1 Å². The van der Waals surface area contributed by atoms with Crippen LogP contribution in [-0.2, 0) is 16.6 Å². The van der Waals surface area contributed by atoms with Gasteiger partial charge in [-0.05, 0) is 25.0 Å². The Morgan fingerprint density at radius 3 is 2.68 bits per heavy atom. The molecule has 7 nitrogen and oxygen atoms in total. The summed E-state index contributed by atoms with van der Waals surface area (Å²) in [5, 5.41) is 7.02. The lowest BCUT2D eigenvalue weighted by Crippen LogP contribution is -2.26. The molecule has 1 saturated heterocycles. The molecular weight excluding hydrogens is 349 g/mol. The standard InChI is InChI=1S/C16H18FN3O4S/c17-13-4-3-5-14(20-6-1-2-7-20)12(13)9-19-16(21)11-8-15(24-10-11)25(18,22)23/h3-5,8,10H,1-2,6-7,9H2,(H,19,21)(H2,18,22,23). The highest BCUT2D eigenvalue weighted by molar-refractivity contribution is 7.89. The Bertz CT molecular complexity index is 889. The van der Waals surface area contributed by atoms with Crippen LogP contribution in [-0.4, -0.2) is 27.4 Å². The highest BCUT2D eigenvalue weighted by Crippen LogP contribution is 2.26. The van der Waals surface area contributed by atoms with Crippen molar-refractivity contribution in [1.82, 2.24) is 5.32 Å². The maximum atomic E-state index is 14.2. The van der Waals surface area contributed by atoms with Crippen molar-refractivity contribution in [2.24, 2.45) is 5.14 Å². The van der Waals surface area contributed by atoms with Crippen LogP contribution in [0.15, 0.2) is 40.0 Å². The molecule has 1 aromatic carbocycles. The smallest absolute Gasteiger partial charge is 0.271 e. The zero-order chi connectivity index (χ0) is 18.0. The molecule has 25 heavy (non-hydrogen) atoms. The van der Waals surface area contributed by atoms with Gasteiger partial charge in [-0.15, -0.1) is 0 Å². The van der Waals surface area contributed by atoms with Crippen molar-refractivity contribution in [1.29, 1.82) is 0 Å². The van der Waals surface area contributed by atoms with Gasteiger partial charge in [0.2, 0.25) is 5.09 Å². The number of carbonyl (C=O) groups excluding carboxylic acids is 1. The molecule has 3 N–H and O–H groups in total. The Hall–Kier alpha value is -2.39. The largest absolute Gasteiger partial charge is 0.451 e. The lowest BCUT2D eigenvalue weighted by molar-refractivity contribution is 0.0950. The molecule has 2 heterocycles. The maximum absolute atomic E-state index is 14.2. The predicted octanol–water partition coefficient (Wildman–Crippen LogP) is 1.60. The fraction of sp³-hybridized carbons (Fsp3) is 0.312.